The second-order valence-corrected chi connectivity index (χ2v) is 2.38. The van der Waals surface area contributed by atoms with Crippen LogP contribution in [0.25, 0.3) is 0 Å². The molecule has 0 saturated heterocycles. The lowest BCUT2D eigenvalue weighted by Crippen LogP contribution is -2.46. The molecule has 14 heavy (non-hydrogen) atoms. The van der Waals surface area contributed by atoms with E-state index in [1.54, 1.807) is 12.2 Å². The fourth-order valence-corrected chi connectivity index (χ4v) is 0.598. The predicted molar refractivity (Wildman–Crippen MR) is 40.5 cm³/mol. The van der Waals surface area contributed by atoms with Gasteiger partial charge in [-0.2, -0.15) is 8.78 Å². The van der Waals surface area contributed by atoms with Crippen molar-refractivity contribution >= 4 is 5.91 Å². The number of carbonyl (C=O) groups is 1. The van der Waals surface area contributed by atoms with Gasteiger partial charge in [0.1, 0.15) is 0 Å². The SMILES string of the molecule is CCOCCNC(=O)C(F)(F)C(F)F. The van der Waals surface area contributed by atoms with Crippen LogP contribution in [0.1, 0.15) is 6.92 Å². The van der Waals surface area contributed by atoms with Crippen LogP contribution in [0.4, 0.5) is 17.6 Å². The monoisotopic (exact) mass is 217 g/mol. The van der Waals surface area contributed by atoms with E-state index in [0.717, 1.165) is 0 Å². The van der Waals surface area contributed by atoms with Crippen molar-refractivity contribution in [2.75, 3.05) is 19.8 Å². The lowest BCUT2D eigenvalue weighted by molar-refractivity contribution is -0.169. The van der Waals surface area contributed by atoms with Gasteiger partial charge in [-0.1, -0.05) is 0 Å². The molecule has 0 atom stereocenters. The van der Waals surface area contributed by atoms with Gasteiger partial charge >= 0.3 is 12.3 Å². The number of amides is 1. The number of nitrogens with one attached hydrogen (secondary N) is 1. The summed E-state index contributed by atoms with van der Waals surface area (Å²) >= 11 is 0. The minimum atomic E-state index is -4.63. The van der Waals surface area contributed by atoms with E-state index in [4.69, 9.17) is 4.74 Å². The lowest BCUT2D eigenvalue weighted by atomic mass is 10.3. The van der Waals surface area contributed by atoms with E-state index in [0.29, 0.717) is 6.61 Å². The highest BCUT2D eigenvalue weighted by Crippen LogP contribution is 2.22. The van der Waals surface area contributed by atoms with Crippen LogP contribution in [0, 0.1) is 0 Å². The highest BCUT2D eigenvalue weighted by Gasteiger charge is 2.48. The number of hydrogen-bond donors (Lipinski definition) is 1. The molecular weight excluding hydrogens is 206 g/mol. The van der Waals surface area contributed by atoms with E-state index in [-0.39, 0.29) is 13.2 Å². The number of halogens is 4. The first-order valence-electron chi connectivity index (χ1n) is 3.95. The summed E-state index contributed by atoms with van der Waals surface area (Å²) in [6.07, 6.45) is -3.99. The maximum absolute atomic E-state index is 12.2. The molecule has 0 bridgehead atoms. The number of ether oxygens (including phenoxy) is 1. The maximum Gasteiger partial charge on any atom is 0.383 e. The summed E-state index contributed by atoms with van der Waals surface area (Å²) in [6.45, 7) is 1.84. The number of alkyl halides is 4. The Hall–Kier alpha value is -0.850. The van der Waals surface area contributed by atoms with Gasteiger partial charge in [-0.05, 0) is 6.92 Å². The topological polar surface area (TPSA) is 38.3 Å². The second-order valence-electron chi connectivity index (χ2n) is 2.38. The average molecular weight is 217 g/mol. The fraction of sp³-hybridized carbons (Fsp3) is 0.857. The summed E-state index contributed by atoms with van der Waals surface area (Å²) in [6, 6.07) is 0. The van der Waals surface area contributed by atoms with Crippen LogP contribution in [-0.4, -0.2) is 38.0 Å². The first-order chi connectivity index (χ1) is 6.42. The van der Waals surface area contributed by atoms with Crippen LogP contribution in [-0.2, 0) is 9.53 Å². The van der Waals surface area contributed by atoms with E-state index in [9.17, 15) is 22.4 Å². The van der Waals surface area contributed by atoms with Gasteiger partial charge in [0.25, 0.3) is 5.91 Å². The Morgan fingerprint density at radius 2 is 2.07 bits per heavy atom. The Labute approximate surface area is 78.4 Å². The van der Waals surface area contributed by atoms with Gasteiger partial charge in [0, 0.05) is 13.2 Å². The molecule has 0 radical (unpaired) electrons. The molecule has 7 heteroatoms. The van der Waals surface area contributed by atoms with Crippen LogP contribution >= 0.6 is 0 Å². The number of rotatable bonds is 6. The Balaban J connectivity index is 3.84. The highest BCUT2D eigenvalue weighted by molar-refractivity contribution is 5.83. The molecule has 0 rings (SSSR count). The van der Waals surface area contributed by atoms with Crippen molar-refractivity contribution in [1.82, 2.24) is 5.32 Å². The molecule has 0 aromatic carbocycles. The first-order valence-corrected chi connectivity index (χ1v) is 3.95. The summed E-state index contributed by atoms with van der Waals surface area (Å²) in [5, 5.41) is 1.65. The van der Waals surface area contributed by atoms with Crippen LogP contribution < -0.4 is 5.32 Å². The molecule has 1 amide bonds. The standard InChI is InChI=1S/C7H11F4NO2/c1-2-14-4-3-12-6(13)7(10,11)5(8)9/h5H,2-4H2,1H3,(H,12,13). The normalized spacial score (nSPS) is 11.9. The fourth-order valence-electron chi connectivity index (χ4n) is 0.598. The summed E-state index contributed by atoms with van der Waals surface area (Å²) in [4.78, 5) is 10.5. The molecule has 84 valence electrons. The van der Waals surface area contributed by atoms with Crippen molar-refractivity contribution in [1.29, 1.82) is 0 Å². The molecule has 0 saturated carbocycles. The van der Waals surface area contributed by atoms with Crippen molar-refractivity contribution in [2.45, 2.75) is 19.3 Å². The average Bonchev–Trinajstić information content (AvgIpc) is 2.11. The quantitative estimate of drug-likeness (QED) is 0.533. The minimum Gasteiger partial charge on any atom is -0.380 e. The van der Waals surface area contributed by atoms with Crippen molar-refractivity contribution in [3.05, 3.63) is 0 Å². The first kappa shape index (κ1) is 13.2. The summed E-state index contributed by atoms with van der Waals surface area (Å²) in [5.41, 5.74) is 0. The van der Waals surface area contributed by atoms with Crippen molar-refractivity contribution < 1.29 is 27.1 Å². The zero-order chi connectivity index (χ0) is 11.2. The van der Waals surface area contributed by atoms with E-state index in [1.165, 1.54) is 0 Å². The van der Waals surface area contributed by atoms with Crippen molar-refractivity contribution in [3.8, 4) is 0 Å². The largest absolute Gasteiger partial charge is 0.383 e. The van der Waals surface area contributed by atoms with Crippen LogP contribution in [0.5, 0.6) is 0 Å². The number of hydrogen-bond acceptors (Lipinski definition) is 2. The van der Waals surface area contributed by atoms with E-state index < -0.39 is 18.3 Å². The van der Waals surface area contributed by atoms with Gasteiger partial charge in [-0.3, -0.25) is 4.79 Å². The summed E-state index contributed by atoms with van der Waals surface area (Å²) < 4.78 is 52.4. The smallest absolute Gasteiger partial charge is 0.380 e. The molecule has 0 aliphatic rings. The van der Waals surface area contributed by atoms with Crippen molar-refractivity contribution in [3.63, 3.8) is 0 Å². The molecular formula is C7H11F4NO2. The Kier molecular flexibility index (Phi) is 5.44. The molecule has 0 aliphatic heterocycles. The van der Waals surface area contributed by atoms with Gasteiger partial charge in [-0.25, -0.2) is 8.78 Å². The molecule has 3 nitrogen and oxygen atoms in total. The zero-order valence-electron chi connectivity index (χ0n) is 7.53. The molecule has 0 aromatic rings. The van der Waals surface area contributed by atoms with E-state index in [1.807, 2.05) is 0 Å². The molecule has 0 aromatic heterocycles. The minimum absolute atomic E-state index is 0.0154. The highest BCUT2D eigenvalue weighted by atomic mass is 19.3. The molecule has 0 fully saturated rings. The van der Waals surface area contributed by atoms with Gasteiger partial charge in [-0.15, -0.1) is 0 Å². The van der Waals surface area contributed by atoms with Crippen LogP contribution in [0.2, 0.25) is 0 Å². The van der Waals surface area contributed by atoms with Gasteiger partial charge in [0.15, 0.2) is 0 Å². The van der Waals surface area contributed by atoms with Crippen LogP contribution in [0.15, 0.2) is 0 Å². The van der Waals surface area contributed by atoms with E-state index in [2.05, 4.69) is 0 Å². The van der Waals surface area contributed by atoms with E-state index >= 15 is 0 Å². The third-order valence-electron chi connectivity index (χ3n) is 1.31. The lowest BCUT2D eigenvalue weighted by Gasteiger charge is -2.14. The third kappa shape index (κ3) is 3.91. The molecule has 0 heterocycles. The Bertz CT molecular complexity index is 187. The summed E-state index contributed by atoms with van der Waals surface area (Å²) in [5.74, 6) is -6.61. The Morgan fingerprint density at radius 3 is 2.50 bits per heavy atom. The molecule has 1 N–H and O–H groups in total. The van der Waals surface area contributed by atoms with Gasteiger partial charge < -0.3 is 10.1 Å². The molecule has 0 unspecified atom stereocenters. The van der Waals surface area contributed by atoms with Crippen molar-refractivity contribution in [2.24, 2.45) is 0 Å². The van der Waals surface area contributed by atoms with Gasteiger partial charge in [0.2, 0.25) is 0 Å². The van der Waals surface area contributed by atoms with Gasteiger partial charge in [0.05, 0.1) is 6.61 Å². The molecule has 0 aliphatic carbocycles. The second kappa shape index (κ2) is 5.79. The van der Waals surface area contributed by atoms with Crippen LogP contribution in [0.3, 0.4) is 0 Å². The molecule has 0 spiro atoms. The zero-order valence-corrected chi connectivity index (χ0v) is 7.53. The Morgan fingerprint density at radius 1 is 1.50 bits per heavy atom. The third-order valence-corrected chi connectivity index (χ3v) is 1.31. The summed E-state index contributed by atoms with van der Waals surface area (Å²) in [7, 11) is 0. The number of carbonyl (C=O) groups excluding carboxylic acids is 1. The predicted octanol–water partition coefficient (Wildman–Crippen LogP) is 1.04. The maximum atomic E-state index is 12.2.